The van der Waals surface area contributed by atoms with Crippen LogP contribution in [0.25, 0.3) is 0 Å². The highest BCUT2D eigenvalue weighted by Gasteiger charge is 2.30. The summed E-state index contributed by atoms with van der Waals surface area (Å²) in [6, 6.07) is 2.59. The first-order valence-corrected chi connectivity index (χ1v) is 5.54. The van der Waals surface area contributed by atoms with E-state index in [0.29, 0.717) is 19.0 Å². The van der Waals surface area contributed by atoms with E-state index < -0.39 is 4.92 Å². The van der Waals surface area contributed by atoms with Crippen molar-refractivity contribution < 1.29 is 9.66 Å². The first-order valence-electron chi connectivity index (χ1n) is 5.16. The molecule has 1 atom stereocenters. The third kappa shape index (κ3) is 2.83. The molecule has 1 unspecified atom stereocenters. The molecule has 0 aliphatic carbocycles. The summed E-state index contributed by atoms with van der Waals surface area (Å²) in [7, 11) is 0. The number of pyridine rings is 1. The number of anilines is 1. The zero-order valence-electron chi connectivity index (χ0n) is 9.27. The first kappa shape index (κ1) is 12.1. The molecule has 0 spiro atoms. The summed E-state index contributed by atoms with van der Waals surface area (Å²) in [5, 5.41) is 13.9. The van der Waals surface area contributed by atoms with Crippen LogP contribution in [0.5, 0.6) is 0 Å². The van der Waals surface area contributed by atoms with Gasteiger partial charge in [0.1, 0.15) is 11.0 Å². The molecule has 2 rings (SSSR count). The zero-order chi connectivity index (χ0) is 12.5. The Kier molecular flexibility index (Phi) is 3.17. The molecule has 1 aromatic heterocycles. The maximum absolute atomic E-state index is 10.7. The van der Waals surface area contributed by atoms with E-state index in [-0.39, 0.29) is 16.4 Å². The number of ether oxygens (including phenoxy) is 1. The summed E-state index contributed by atoms with van der Waals surface area (Å²) >= 11 is 5.74. The zero-order valence-corrected chi connectivity index (χ0v) is 10.0. The van der Waals surface area contributed by atoms with E-state index in [2.05, 4.69) is 10.3 Å². The van der Waals surface area contributed by atoms with E-state index in [1.165, 1.54) is 12.1 Å². The molecule has 1 fully saturated rings. The predicted molar refractivity (Wildman–Crippen MR) is 63.4 cm³/mol. The Bertz CT molecular complexity index is 446. The molecule has 1 aliphatic rings. The molecule has 0 amide bonds. The van der Waals surface area contributed by atoms with Gasteiger partial charge in [-0.25, -0.2) is 4.98 Å². The normalized spacial score (nSPS) is 23.6. The van der Waals surface area contributed by atoms with Gasteiger partial charge in [-0.05, 0) is 13.3 Å². The van der Waals surface area contributed by atoms with Gasteiger partial charge in [0.25, 0.3) is 5.69 Å². The van der Waals surface area contributed by atoms with Gasteiger partial charge in [-0.3, -0.25) is 10.1 Å². The molecule has 1 aliphatic heterocycles. The summed E-state index contributed by atoms with van der Waals surface area (Å²) < 4.78 is 5.28. The fraction of sp³-hybridized carbons (Fsp3) is 0.500. The number of aromatic nitrogens is 1. The topological polar surface area (TPSA) is 77.3 Å². The summed E-state index contributed by atoms with van der Waals surface area (Å²) in [6.45, 7) is 3.20. The van der Waals surface area contributed by atoms with E-state index in [1.807, 2.05) is 6.92 Å². The molecule has 1 N–H and O–H groups in total. The lowest BCUT2D eigenvalue weighted by Gasteiger charge is -2.24. The number of nitrogens with one attached hydrogen (secondary N) is 1. The van der Waals surface area contributed by atoms with Crippen LogP contribution in [0.3, 0.4) is 0 Å². The molecular formula is C10H12ClN3O3. The highest BCUT2D eigenvalue weighted by Crippen LogP contribution is 2.26. The molecule has 17 heavy (non-hydrogen) atoms. The van der Waals surface area contributed by atoms with Crippen LogP contribution in [0, 0.1) is 10.1 Å². The number of rotatable bonds is 3. The second kappa shape index (κ2) is 4.46. The maximum atomic E-state index is 10.7. The molecule has 1 aromatic rings. The molecule has 92 valence electrons. The van der Waals surface area contributed by atoms with E-state index >= 15 is 0 Å². The molecular weight excluding hydrogens is 246 g/mol. The number of halogens is 1. The van der Waals surface area contributed by atoms with Crippen LogP contribution in [0.4, 0.5) is 11.5 Å². The Morgan fingerprint density at radius 2 is 2.41 bits per heavy atom. The third-order valence-electron chi connectivity index (χ3n) is 2.64. The van der Waals surface area contributed by atoms with E-state index in [1.54, 1.807) is 0 Å². The van der Waals surface area contributed by atoms with Crippen molar-refractivity contribution in [1.82, 2.24) is 4.98 Å². The maximum Gasteiger partial charge on any atom is 0.276 e. The third-order valence-corrected chi connectivity index (χ3v) is 2.83. The molecule has 1 saturated heterocycles. The standard InChI is InChI=1S/C10H12ClN3O3/c1-10(2-3-17-6-10)13-9-5-7(14(15)16)4-8(11)12-9/h4-5H,2-3,6H2,1H3,(H,12,13). The molecule has 0 saturated carbocycles. The van der Waals surface area contributed by atoms with E-state index in [4.69, 9.17) is 16.3 Å². The van der Waals surface area contributed by atoms with Gasteiger partial charge in [-0.1, -0.05) is 11.6 Å². The molecule has 6 nitrogen and oxygen atoms in total. The van der Waals surface area contributed by atoms with Gasteiger partial charge in [0, 0.05) is 6.61 Å². The lowest BCUT2D eigenvalue weighted by atomic mass is 10.0. The van der Waals surface area contributed by atoms with Crippen LogP contribution in [0.2, 0.25) is 5.15 Å². The fourth-order valence-electron chi connectivity index (χ4n) is 1.73. The number of nitro groups is 1. The monoisotopic (exact) mass is 257 g/mol. The van der Waals surface area contributed by atoms with Gasteiger partial charge in [0.15, 0.2) is 0 Å². The van der Waals surface area contributed by atoms with Crippen molar-refractivity contribution >= 4 is 23.1 Å². The summed E-state index contributed by atoms with van der Waals surface area (Å²) in [4.78, 5) is 14.2. The lowest BCUT2D eigenvalue weighted by molar-refractivity contribution is -0.384. The minimum Gasteiger partial charge on any atom is -0.379 e. The van der Waals surface area contributed by atoms with Gasteiger partial charge in [0.05, 0.1) is 29.2 Å². The highest BCUT2D eigenvalue weighted by molar-refractivity contribution is 6.29. The van der Waals surface area contributed by atoms with Crippen molar-refractivity contribution in [2.75, 3.05) is 18.5 Å². The summed E-state index contributed by atoms with van der Waals surface area (Å²) in [5.41, 5.74) is -0.319. The SMILES string of the molecule is CC1(Nc2cc([N+](=O)[O-])cc(Cl)n2)CCOC1. The van der Waals surface area contributed by atoms with Gasteiger partial charge in [-0.2, -0.15) is 0 Å². The highest BCUT2D eigenvalue weighted by atomic mass is 35.5. The Hall–Kier alpha value is -1.40. The Morgan fingerprint density at radius 1 is 1.65 bits per heavy atom. The van der Waals surface area contributed by atoms with Crippen LogP contribution in [-0.2, 0) is 4.74 Å². The van der Waals surface area contributed by atoms with Crippen molar-refractivity contribution in [1.29, 1.82) is 0 Å². The molecule has 0 bridgehead atoms. The number of hydrogen-bond acceptors (Lipinski definition) is 5. The minimum atomic E-state index is -0.494. The molecule has 2 heterocycles. The molecule has 0 radical (unpaired) electrons. The predicted octanol–water partition coefficient (Wildman–Crippen LogP) is 2.23. The minimum absolute atomic E-state index is 0.0741. The van der Waals surface area contributed by atoms with Crippen LogP contribution in [0.1, 0.15) is 13.3 Å². The molecule has 7 heteroatoms. The van der Waals surface area contributed by atoms with E-state index in [0.717, 1.165) is 6.42 Å². The van der Waals surface area contributed by atoms with Gasteiger partial charge in [-0.15, -0.1) is 0 Å². The van der Waals surface area contributed by atoms with Crippen LogP contribution in [-0.4, -0.2) is 28.7 Å². The second-order valence-corrected chi connectivity index (χ2v) is 4.67. The Morgan fingerprint density at radius 3 is 3.00 bits per heavy atom. The lowest BCUT2D eigenvalue weighted by Crippen LogP contribution is -2.35. The Balaban J connectivity index is 2.23. The average molecular weight is 258 g/mol. The molecule has 0 aromatic carbocycles. The summed E-state index contributed by atoms with van der Waals surface area (Å²) in [6.07, 6.45) is 0.828. The Labute approximate surface area is 103 Å². The smallest absolute Gasteiger partial charge is 0.276 e. The van der Waals surface area contributed by atoms with Crippen molar-refractivity contribution in [3.05, 3.63) is 27.4 Å². The van der Waals surface area contributed by atoms with E-state index in [9.17, 15) is 10.1 Å². The first-order chi connectivity index (χ1) is 7.98. The van der Waals surface area contributed by atoms with Crippen LogP contribution in [0.15, 0.2) is 12.1 Å². The largest absolute Gasteiger partial charge is 0.379 e. The van der Waals surface area contributed by atoms with Gasteiger partial charge >= 0.3 is 0 Å². The number of hydrogen-bond donors (Lipinski definition) is 1. The summed E-state index contributed by atoms with van der Waals surface area (Å²) in [5.74, 6) is 0.400. The van der Waals surface area contributed by atoms with Gasteiger partial charge < -0.3 is 10.1 Å². The van der Waals surface area contributed by atoms with Crippen molar-refractivity contribution in [3.8, 4) is 0 Å². The van der Waals surface area contributed by atoms with Crippen LogP contribution >= 0.6 is 11.6 Å². The van der Waals surface area contributed by atoms with Crippen molar-refractivity contribution in [2.24, 2.45) is 0 Å². The van der Waals surface area contributed by atoms with Crippen molar-refractivity contribution in [2.45, 2.75) is 18.9 Å². The quantitative estimate of drug-likeness (QED) is 0.510. The fourth-order valence-corrected chi connectivity index (χ4v) is 1.93. The number of nitrogens with zero attached hydrogens (tertiary/aromatic N) is 2. The second-order valence-electron chi connectivity index (χ2n) is 4.28. The van der Waals surface area contributed by atoms with Gasteiger partial charge in [0.2, 0.25) is 0 Å². The average Bonchev–Trinajstić information content (AvgIpc) is 2.63. The van der Waals surface area contributed by atoms with Crippen molar-refractivity contribution in [3.63, 3.8) is 0 Å². The van der Waals surface area contributed by atoms with Crippen LogP contribution < -0.4 is 5.32 Å².